The van der Waals surface area contributed by atoms with Gasteiger partial charge in [0, 0.05) is 22.4 Å². The summed E-state index contributed by atoms with van der Waals surface area (Å²) >= 11 is 3.29. The summed E-state index contributed by atoms with van der Waals surface area (Å²) in [5.74, 6) is 0.575. The Morgan fingerprint density at radius 2 is 2.26 bits per heavy atom. The topological polar surface area (TPSA) is 54.1 Å². The Balaban J connectivity index is 2.04. The number of hydrogen-bond donors (Lipinski definition) is 2. The second-order valence-corrected chi connectivity index (χ2v) is 4.98. The van der Waals surface area contributed by atoms with Crippen LogP contribution < -0.4 is 10.1 Å². The molecule has 0 bridgehead atoms. The van der Waals surface area contributed by atoms with Gasteiger partial charge in [0.2, 0.25) is 0 Å². The normalized spacial score (nSPS) is 10.2. The highest BCUT2D eigenvalue weighted by atomic mass is 79.9. The van der Waals surface area contributed by atoms with E-state index >= 15 is 0 Å². The zero-order valence-electron chi connectivity index (χ0n) is 10.6. The highest BCUT2D eigenvalue weighted by molar-refractivity contribution is 9.10. The number of aromatic nitrogens is 1. The number of amides is 1. The van der Waals surface area contributed by atoms with Crippen molar-refractivity contribution in [3.05, 3.63) is 46.7 Å². The average molecular weight is 323 g/mol. The molecule has 0 atom stereocenters. The number of halogens is 1. The van der Waals surface area contributed by atoms with Crippen LogP contribution in [0.15, 0.2) is 41.0 Å². The summed E-state index contributed by atoms with van der Waals surface area (Å²) < 4.78 is 6.37. The second kappa shape index (κ2) is 6.43. The molecule has 0 aliphatic rings. The minimum atomic E-state index is -0.182. The van der Waals surface area contributed by atoms with E-state index in [1.807, 2.05) is 24.3 Å². The number of carbonyl (C=O) groups is 1. The molecule has 1 aromatic carbocycles. The van der Waals surface area contributed by atoms with Gasteiger partial charge in [0.05, 0.1) is 6.61 Å². The molecular weight excluding hydrogens is 308 g/mol. The van der Waals surface area contributed by atoms with Gasteiger partial charge in [0.25, 0.3) is 5.91 Å². The first-order valence-corrected chi connectivity index (χ1v) is 6.86. The lowest BCUT2D eigenvalue weighted by Crippen LogP contribution is -2.12. The molecule has 0 aliphatic carbocycles. The summed E-state index contributed by atoms with van der Waals surface area (Å²) in [5.41, 5.74) is 1.22. The average Bonchev–Trinajstić information content (AvgIpc) is 2.83. The van der Waals surface area contributed by atoms with Crippen LogP contribution in [0.1, 0.15) is 23.8 Å². The minimum Gasteiger partial charge on any atom is -0.494 e. The molecule has 0 saturated heterocycles. The largest absolute Gasteiger partial charge is 0.494 e. The molecule has 1 amide bonds. The van der Waals surface area contributed by atoms with Crippen LogP contribution in [0.2, 0.25) is 0 Å². The van der Waals surface area contributed by atoms with Crippen LogP contribution in [0.5, 0.6) is 5.75 Å². The van der Waals surface area contributed by atoms with Gasteiger partial charge in [-0.25, -0.2) is 0 Å². The van der Waals surface area contributed by atoms with Gasteiger partial charge in [-0.1, -0.05) is 13.0 Å². The first kappa shape index (κ1) is 13.7. The monoisotopic (exact) mass is 322 g/mol. The maximum atomic E-state index is 11.9. The Bertz CT molecular complexity index is 566. The lowest BCUT2D eigenvalue weighted by molar-refractivity contribution is 0.102. The molecule has 2 N–H and O–H groups in total. The molecule has 0 radical (unpaired) electrons. The SMILES string of the molecule is CCCOc1cccc(NC(=O)c2cc(Br)c[nH]2)c1. The summed E-state index contributed by atoms with van der Waals surface area (Å²) in [7, 11) is 0. The van der Waals surface area contributed by atoms with Crippen molar-refractivity contribution in [1.82, 2.24) is 4.98 Å². The van der Waals surface area contributed by atoms with Crippen molar-refractivity contribution in [3.8, 4) is 5.75 Å². The maximum absolute atomic E-state index is 11.9. The molecule has 0 aliphatic heterocycles. The molecule has 0 unspecified atom stereocenters. The fourth-order valence-corrected chi connectivity index (χ4v) is 1.92. The predicted octanol–water partition coefficient (Wildman–Crippen LogP) is 3.82. The Hall–Kier alpha value is -1.75. The Labute approximate surface area is 120 Å². The van der Waals surface area contributed by atoms with Gasteiger partial charge < -0.3 is 15.0 Å². The smallest absolute Gasteiger partial charge is 0.272 e. The zero-order valence-corrected chi connectivity index (χ0v) is 12.2. The highest BCUT2D eigenvalue weighted by Crippen LogP contribution is 2.19. The van der Waals surface area contributed by atoms with E-state index in [-0.39, 0.29) is 5.91 Å². The quantitative estimate of drug-likeness (QED) is 0.879. The second-order valence-electron chi connectivity index (χ2n) is 4.06. The van der Waals surface area contributed by atoms with E-state index in [0.717, 1.165) is 16.6 Å². The van der Waals surface area contributed by atoms with Crippen LogP contribution in [0.25, 0.3) is 0 Å². The first-order chi connectivity index (χ1) is 9.19. The third kappa shape index (κ3) is 3.86. The van der Waals surface area contributed by atoms with E-state index in [0.29, 0.717) is 18.0 Å². The number of anilines is 1. The van der Waals surface area contributed by atoms with Crippen molar-refractivity contribution in [1.29, 1.82) is 0 Å². The van der Waals surface area contributed by atoms with Gasteiger partial charge in [-0.2, -0.15) is 0 Å². The van der Waals surface area contributed by atoms with Crippen molar-refractivity contribution in [3.63, 3.8) is 0 Å². The summed E-state index contributed by atoms with van der Waals surface area (Å²) in [5, 5.41) is 2.82. The fourth-order valence-electron chi connectivity index (χ4n) is 1.58. The highest BCUT2D eigenvalue weighted by Gasteiger charge is 2.08. The predicted molar refractivity (Wildman–Crippen MR) is 78.7 cm³/mol. The van der Waals surface area contributed by atoms with Crippen LogP contribution in [0, 0.1) is 0 Å². The number of nitrogens with one attached hydrogen (secondary N) is 2. The van der Waals surface area contributed by atoms with Crippen molar-refractivity contribution in [2.75, 3.05) is 11.9 Å². The van der Waals surface area contributed by atoms with Crippen LogP contribution in [-0.2, 0) is 0 Å². The van der Waals surface area contributed by atoms with E-state index in [9.17, 15) is 4.79 Å². The number of carbonyl (C=O) groups excluding carboxylic acids is 1. The fraction of sp³-hybridized carbons (Fsp3) is 0.214. The molecule has 1 aromatic heterocycles. The van der Waals surface area contributed by atoms with E-state index in [2.05, 4.69) is 33.2 Å². The van der Waals surface area contributed by atoms with Crippen molar-refractivity contribution in [2.45, 2.75) is 13.3 Å². The molecular formula is C14H15BrN2O2. The molecule has 4 nitrogen and oxygen atoms in total. The molecule has 0 fully saturated rings. The van der Waals surface area contributed by atoms with Gasteiger partial charge in [0.15, 0.2) is 0 Å². The third-order valence-corrected chi connectivity index (χ3v) is 2.92. The van der Waals surface area contributed by atoms with E-state index in [1.54, 1.807) is 12.3 Å². The molecule has 1 heterocycles. The third-order valence-electron chi connectivity index (χ3n) is 2.46. The number of rotatable bonds is 5. The lowest BCUT2D eigenvalue weighted by atomic mass is 10.3. The van der Waals surface area contributed by atoms with Crippen LogP contribution in [0.4, 0.5) is 5.69 Å². The van der Waals surface area contributed by atoms with Crippen molar-refractivity contribution < 1.29 is 9.53 Å². The molecule has 5 heteroatoms. The molecule has 2 rings (SSSR count). The van der Waals surface area contributed by atoms with Gasteiger partial charge in [0.1, 0.15) is 11.4 Å². The summed E-state index contributed by atoms with van der Waals surface area (Å²) in [6.45, 7) is 2.72. The van der Waals surface area contributed by atoms with Gasteiger partial charge in [-0.3, -0.25) is 4.79 Å². The summed E-state index contributed by atoms with van der Waals surface area (Å²) in [6.07, 6.45) is 2.67. The van der Waals surface area contributed by atoms with Gasteiger partial charge in [-0.05, 0) is 40.5 Å². The lowest BCUT2D eigenvalue weighted by Gasteiger charge is -2.07. The Morgan fingerprint density at radius 1 is 1.42 bits per heavy atom. The van der Waals surface area contributed by atoms with E-state index < -0.39 is 0 Å². The Morgan fingerprint density at radius 3 is 2.95 bits per heavy atom. The number of H-pyrrole nitrogens is 1. The van der Waals surface area contributed by atoms with Crippen molar-refractivity contribution in [2.24, 2.45) is 0 Å². The molecule has 0 saturated carbocycles. The van der Waals surface area contributed by atoms with Crippen LogP contribution in [0.3, 0.4) is 0 Å². The molecule has 19 heavy (non-hydrogen) atoms. The number of aromatic amines is 1. The summed E-state index contributed by atoms with van der Waals surface area (Å²) in [4.78, 5) is 14.8. The van der Waals surface area contributed by atoms with Gasteiger partial charge in [-0.15, -0.1) is 0 Å². The number of ether oxygens (including phenoxy) is 1. The maximum Gasteiger partial charge on any atom is 0.272 e. The van der Waals surface area contributed by atoms with Crippen LogP contribution >= 0.6 is 15.9 Å². The standard InChI is InChI=1S/C14H15BrN2O2/c1-2-6-19-12-5-3-4-11(8-12)17-14(18)13-7-10(15)9-16-13/h3-5,7-9,16H,2,6H2,1H3,(H,17,18). The number of hydrogen-bond acceptors (Lipinski definition) is 2. The Kier molecular flexibility index (Phi) is 4.63. The molecule has 0 spiro atoms. The van der Waals surface area contributed by atoms with E-state index in [4.69, 9.17) is 4.74 Å². The zero-order chi connectivity index (χ0) is 13.7. The number of benzene rings is 1. The van der Waals surface area contributed by atoms with E-state index in [1.165, 1.54) is 0 Å². The molecule has 2 aromatic rings. The van der Waals surface area contributed by atoms with Crippen LogP contribution in [-0.4, -0.2) is 17.5 Å². The van der Waals surface area contributed by atoms with Gasteiger partial charge >= 0.3 is 0 Å². The molecule has 100 valence electrons. The first-order valence-electron chi connectivity index (χ1n) is 6.07. The minimum absolute atomic E-state index is 0.182. The summed E-state index contributed by atoms with van der Waals surface area (Å²) in [6, 6.07) is 9.09. The van der Waals surface area contributed by atoms with Crippen molar-refractivity contribution >= 4 is 27.5 Å².